The number of nitrogens with one attached hydrogen (secondary N) is 1. The second-order valence-corrected chi connectivity index (χ2v) is 7.25. The molecule has 1 aromatic heterocycles. The summed E-state index contributed by atoms with van der Waals surface area (Å²) in [6.45, 7) is 3.80. The summed E-state index contributed by atoms with van der Waals surface area (Å²) in [6, 6.07) is 13.8. The van der Waals surface area contributed by atoms with Gasteiger partial charge in [-0.05, 0) is 37.6 Å². The number of nitrogens with zero attached hydrogens (tertiary/aromatic N) is 3. The lowest BCUT2D eigenvalue weighted by Gasteiger charge is -2.12. The molecular weight excluding hydrogens is 351 g/mol. The molecule has 3 rings (SSSR count). The Morgan fingerprint density at radius 2 is 1.96 bits per heavy atom. The Bertz CT molecular complexity index is 941. The van der Waals surface area contributed by atoms with Gasteiger partial charge in [0.1, 0.15) is 5.82 Å². The molecule has 0 aliphatic heterocycles. The molecular formula is C19H19FN4OS. The minimum Gasteiger partial charge on any atom is -0.325 e. The van der Waals surface area contributed by atoms with Gasteiger partial charge in [-0.15, -0.1) is 10.2 Å². The highest BCUT2D eigenvalue weighted by molar-refractivity contribution is 8.00. The van der Waals surface area contributed by atoms with Crippen LogP contribution in [0.4, 0.5) is 10.1 Å². The number of hydrogen-bond donors (Lipinski definition) is 1. The predicted octanol–water partition coefficient (Wildman–Crippen LogP) is 4.05. The van der Waals surface area contributed by atoms with Gasteiger partial charge in [-0.25, -0.2) is 4.39 Å². The van der Waals surface area contributed by atoms with Gasteiger partial charge in [-0.3, -0.25) is 4.79 Å². The largest absolute Gasteiger partial charge is 0.325 e. The summed E-state index contributed by atoms with van der Waals surface area (Å²) >= 11 is 1.31. The van der Waals surface area contributed by atoms with Crippen molar-refractivity contribution in [1.29, 1.82) is 0 Å². The second kappa shape index (κ2) is 7.70. The van der Waals surface area contributed by atoms with E-state index >= 15 is 0 Å². The first-order valence-electron chi connectivity index (χ1n) is 8.14. The summed E-state index contributed by atoms with van der Waals surface area (Å²) in [5, 5.41) is 11.4. The Hall–Kier alpha value is -2.67. The van der Waals surface area contributed by atoms with Gasteiger partial charge >= 0.3 is 0 Å². The topological polar surface area (TPSA) is 59.8 Å². The van der Waals surface area contributed by atoms with E-state index in [1.807, 2.05) is 42.8 Å². The number of carbonyl (C=O) groups excluding carboxylic acids is 1. The maximum Gasteiger partial charge on any atom is 0.237 e. The maximum absolute atomic E-state index is 13.2. The Balaban J connectivity index is 1.73. The monoisotopic (exact) mass is 370 g/mol. The molecule has 0 saturated heterocycles. The number of amides is 1. The number of benzene rings is 2. The number of thioether (sulfide) groups is 1. The fourth-order valence-corrected chi connectivity index (χ4v) is 3.31. The van der Waals surface area contributed by atoms with Gasteiger partial charge in [-0.1, -0.05) is 42.1 Å². The molecule has 26 heavy (non-hydrogen) atoms. The van der Waals surface area contributed by atoms with Crippen LogP contribution < -0.4 is 5.32 Å². The van der Waals surface area contributed by atoms with E-state index in [0.29, 0.717) is 10.8 Å². The van der Waals surface area contributed by atoms with Gasteiger partial charge in [0.15, 0.2) is 11.0 Å². The van der Waals surface area contributed by atoms with Crippen LogP contribution >= 0.6 is 11.8 Å². The van der Waals surface area contributed by atoms with E-state index < -0.39 is 5.25 Å². The van der Waals surface area contributed by atoms with Crippen LogP contribution in [0.15, 0.2) is 53.7 Å². The van der Waals surface area contributed by atoms with Gasteiger partial charge in [0.25, 0.3) is 0 Å². The molecule has 0 fully saturated rings. The lowest BCUT2D eigenvalue weighted by atomic mass is 10.1. The van der Waals surface area contributed by atoms with E-state index in [2.05, 4.69) is 15.5 Å². The lowest BCUT2D eigenvalue weighted by Crippen LogP contribution is -2.22. The minimum atomic E-state index is -0.411. The maximum atomic E-state index is 13.2. The van der Waals surface area contributed by atoms with E-state index in [4.69, 9.17) is 0 Å². The quantitative estimate of drug-likeness (QED) is 0.689. The zero-order valence-electron chi connectivity index (χ0n) is 14.7. The zero-order chi connectivity index (χ0) is 18.7. The van der Waals surface area contributed by atoms with E-state index in [1.165, 1.54) is 23.9 Å². The highest BCUT2D eigenvalue weighted by atomic mass is 32.2. The third-order valence-corrected chi connectivity index (χ3v) is 5.10. The summed E-state index contributed by atoms with van der Waals surface area (Å²) in [4.78, 5) is 12.4. The van der Waals surface area contributed by atoms with E-state index in [0.717, 1.165) is 17.0 Å². The summed E-state index contributed by atoms with van der Waals surface area (Å²) < 4.78 is 15.1. The molecule has 0 aliphatic carbocycles. The Kier molecular flexibility index (Phi) is 5.37. The molecule has 0 spiro atoms. The van der Waals surface area contributed by atoms with Crippen molar-refractivity contribution in [3.8, 4) is 11.4 Å². The van der Waals surface area contributed by atoms with Crippen LogP contribution in [-0.4, -0.2) is 25.9 Å². The predicted molar refractivity (Wildman–Crippen MR) is 102 cm³/mol. The molecule has 0 radical (unpaired) electrons. The van der Waals surface area contributed by atoms with Crippen molar-refractivity contribution in [1.82, 2.24) is 14.8 Å². The smallest absolute Gasteiger partial charge is 0.237 e. The van der Waals surface area contributed by atoms with Crippen molar-refractivity contribution < 1.29 is 9.18 Å². The van der Waals surface area contributed by atoms with Crippen LogP contribution in [-0.2, 0) is 11.8 Å². The molecule has 134 valence electrons. The van der Waals surface area contributed by atoms with Crippen LogP contribution in [0.5, 0.6) is 0 Å². The number of anilines is 1. The third-order valence-electron chi connectivity index (χ3n) is 3.96. The van der Waals surface area contributed by atoms with Crippen molar-refractivity contribution in [3.05, 3.63) is 59.9 Å². The lowest BCUT2D eigenvalue weighted by molar-refractivity contribution is -0.115. The summed E-state index contributed by atoms with van der Waals surface area (Å²) in [6.07, 6.45) is 0. The van der Waals surface area contributed by atoms with E-state index in [-0.39, 0.29) is 11.7 Å². The SMILES string of the molecule is Cc1ccccc1-c1nnc(S[C@H](C)C(=O)Nc2cccc(F)c2)n1C. The van der Waals surface area contributed by atoms with Crippen molar-refractivity contribution in [2.45, 2.75) is 24.3 Å². The highest BCUT2D eigenvalue weighted by Gasteiger charge is 2.20. The van der Waals surface area contributed by atoms with Crippen LogP contribution in [0.3, 0.4) is 0 Å². The van der Waals surface area contributed by atoms with Crippen LogP contribution in [0.25, 0.3) is 11.4 Å². The number of hydrogen-bond acceptors (Lipinski definition) is 4. The van der Waals surface area contributed by atoms with Gasteiger partial charge in [0, 0.05) is 18.3 Å². The average molecular weight is 370 g/mol. The summed E-state index contributed by atoms with van der Waals surface area (Å²) in [7, 11) is 1.88. The molecule has 0 unspecified atom stereocenters. The third kappa shape index (κ3) is 3.94. The standard InChI is InChI=1S/C19H19FN4OS/c1-12-7-4-5-10-16(12)17-22-23-19(24(17)3)26-13(2)18(25)21-15-9-6-8-14(20)11-15/h4-11,13H,1-3H3,(H,21,25)/t13-/m1/s1. The molecule has 3 aromatic rings. The zero-order valence-corrected chi connectivity index (χ0v) is 15.5. The molecule has 7 heteroatoms. The van der Waals surface area contributed by atoms with Gasteiger partial charge < -0.3 is 9.88 Å². The highest BCUT2D eigenvalue weighted by Crippen LogP contribution is 2.27. The first-order chi connectivity index (χ1) is 12.5. The molecule has 0 aliphatic rings. The molecule has 1 heterocycles. The number of rotatable bonds is 5. The summed E-state index contributed by atoms with van der Waals surface area (Å²) in [5.41, 5.74) is 2.55. The summed E-state index contributed by atoms with van der Waals surface area (Å²) in [5.74, 6) is 0.142. The van der Waals surface area contributed by atoms with Gasteiger partial charge in [-0.2, -0.15) is 0 Å². The Morgan fingerprint density at radius 3 is 2.69 bits per heavy atom. The first-order valence-corrected chi connectivity index (χ1v) is 9.02. The van der Waals surface area contributed by atoms with Crippen molar-refractivity contribution in [2.24, 2.45) is 7.05 Å². The Labute approximate surface area is 155 Å². The Morgan fingerprint density at radius 1 is 1.19 bits per heavy atom. The minimum absolute atomic E-state index is 0.221. The van der Waals surface area contributed by atoms with Crippen molar-refractivity contribution in [2.75, 3.05) is 5.32 Å². The van der Waals surface area contributed by atoms with Crippen molar-refractivity contribution >= 4 is 23.4 Å². The van der Waals surface area contributed by atoms with E-state index in [9.17, 15) is 9.18 Å². The molecule has 0 bridgehead atoms. The number of aromatic nitrogens is 3. The fourth-order valence-electron chi connectivity index (χ4n) is 2.50. The molecule has 2 aromatic carbocycles. The number of aryl methyl sites for hydroxylation is 1. The molecule has 1 amide bonds. The number of halogens is 1. The normalized spacial score (nSPS) is 12.0. The second-order valence-electron chi connectivity index (χ2n) is 5.94. The number of carbonyl (C=O) groups is 1. The van der Waals surface area contributed by atoms with Crippen LogP contribution in [0.1, 0.15) is 12.5 Å². The van der Waals surface area contributed by atoms with E-state index in [1.54, 1.807) is 19.1 Å². The van der Waals surface area contributed by atoms with Crippen LogP contribution in [0.2, 0.25) is 0 Å². The van der Waals surface area contributed by atoms with Crippen molar-refractivity contribution in [3.63, 3.8) is 0 Å². The van der Waals surface area contributed by atoms with Crippen LogP contribution in [0, 0.1) is 12.7 Å². The molecule has 1 atom stereocenters. The van der Waals surface area contributed by atoms with Gasteiger partial charge in [0.2, 0.25) is 5.91 Å². The molecule has 5 nitrogen and oxygen atoms in total. The average Bonchev–Trinajstić information content (AvgIpc) is 2.96. The molecule has 1 N–H and O–H groups in total. The first kappa shape index (κ1) is 18.1. The van der Waals surface area contributed by atoms with Gasteiger partial charge in [0.05, 0.1) is 5.25 Å². The molecule has 0 saturated carbocycles. The fraction of sp³-hybridized carbons (Fsp3) is 0.211.